The Labute approximate surface area is 189 Å². The Balaban J connectivity index is 2.42. The molecule has 0 atom stereocenters. The largest absolute Gasteiger partial charge is 0.463 e. The molecule has 4 rings (SSSR count). The number of pyridine rings is 1. The maximum absolute atomic E-state index is 11.4. The fourth-order valence-corrected chi connectivity index (χ4v) is 3.13. The minimum atomic E-state index is -1.48. The quantitative estimate of drug-likeness (QED) is 0.204. The zero-order valence-corrected chi connectivity index (χ0v) is 16.4. The van der Waals surface area contributed by atoms with Gasteiger partial charge in [0.25, 0.3) is 16.6 Å². The first-order valence-electron chi connectivity index (χ1n) is 8.60. The molecule has 0 bridgehead atoms. The Bertz CT molecular complexity index is 1410. The molecule has 0 N–H and O–H groups in total. The summed E-state index contributed by atoms with van der Waals surface area (Å²) in [5, 5.41) is 67.5. The van der Waals surface area contributed by atoms with Gasteiger partial charge in [-0.25, -0.2) is 0 Å². The standard InChI is InChI=1S/C13HN11O12/c25-19(26)3-1-2-4(14-9(3)20(27)28)6-8(18-13(24(35)36)12(16-6)23(33)34)7-5(2)15-10(21(29)30)11(17-7)22(31)32/h1H. The summed E-state index contributed by atoms with van der Waals surface area (Å²) in [5.74, 6) is -7.27. The van der Waals surface area contributed by atoms with Crippen LogP contribution in [0.3, 0.4) is 0 Å². The van der Waals surface area contributed by atoms with Crippen molar-refractivity contribution in [2.24, 2.45) is 0 Å². The van der Waals surface area contributed by atoms with E-state index >= 15 is 0 Å². The van der Waals surface area contributed by atoms with E-state index in [-0.39, 0.29) is 0 Å². The van der Waals surface area contributed by atoms with E-state index < -0.39 is 97.3 Å². The molecule has 23 nitrogen and oxygen atoms in total. The van der Waals surface area contributed by atoms with Gasteiger partial charge in [0.15, 0.2) is 0 Å². The van der Waals surface area contributed by atoms with Crippen LogP contribution in [0.25, 0.3) is 33.0 Å². The van der Waals surface area contributed by atoms with Gasteiger partial charge in [0.1, 0.15) is 0 Å². The first-order valence-corrected chi connectivity index (χ1v) is 8.60. The van der Waals surface area contributed by atoms with E-state index in [1.807, 2.05) is 0 Å². The molecule has 23 heteroatoms. The number of aromatic nitrogens is 5. The highest BCUT2D eigenvalue weighted by molar-refractivity contribution is 6.20. The highest BCUT2D eigenvalue weighted by atomic mass is 16.7. The molecule has 3 aromatic heterocycles. The first-order chi connectivity index (χ1) is 16.8. The summed E-state index contributed by atoms with van der Waals surface area (Å²) >= 11 is 0. The van der Waals surface area contributed by atoms with Gasteiger partial charge in [0.2, 0.25) is 11.0 Å². The van der Waals surface area contributed by atoms with Crippen molar-refractivity contribution < 1.29 is 29.5 Å². The lowest BCUT2D eigenvalue weighted by Gasteiger charge is -2.01. The summed E-state index contributed by atoms with van der Waals surface area (Å²) in [6.45, 7) is 0. The molecule has 4 aromatic rings. The van der Waals surface area contributed by atoms with Crippen molar-refractivity contribution in [2.45, 2.75) is 0 Å². The number of nitrogens with zero attached hydrogens (tertiary/aromatic N) is 11. The van der Waals surface area contributed by atoms with Gasteiger partial charge in [-0.05, 0) is 49.5 Å². The van der Waals surface area contributed by atoms with Crippen LogP contribution in [0, 0.1) is 60.7 Å². The van der Waals surface area contributed by atoms with Crippen molar-refractivity contribution in [3.63, 3.8) is 0 Å². The van der Waals surface area contributed by atoms with Crippen molar-refractivity contribution in [2.75, 3.05) is 0 Å². The minimum Gasteiger partial charge on any atom is -0.358 e. The van der Waals surface area contributed by atoms with Crippen molar-refractivity contribution >= 4 is 67.7 Å². The van der Waals surface area contributed by atoms with Gasteiger partial charge in [-0.3, -0.25) is 10.1 Å². The highest BCUT2D eigenvalue weighted by Crippen LogP contribution is 2.39. The number of nitro groups is 6. The second-order valence-electron chi connectivity index (χ2n) is 6.41. The lowest BCUT2D eigenvalue weighted by molar-refractivity contribution is -0.428. The third-order valence-corrected chi connectivity index (χ3v) is 4.47. The van der Waals surface area contributed by atoms with E-state index in [0.717, 1.165) is 0 Å². The molecule has 180 valence electrons. The predicted molar refractivity (Wildman–Crippen MR) is 108 cm³/mol. The van der Waals surface area contributed by atoms with Crippen LogP contribution in [0.15, 0.2) is 6.07 Å². The molecule has 0 fully saturated rings. The summed E-state index contributed by atoms with van der Waals surface area (Å²) in [7, 11) is 0. The first kappa shape index (κ1) is 22.9. The van der Waals surface area contributed by atoms with Crippen molar-refractivity contribution in [1.29, 1.82) is 0 Å². The zero-order valence-electron chi connectivity index (χ0n) is 16.4. The molecule has 0 saturated carbocycles. The Morgan fingerprint density at radius 2 is 0.694 bits per heavy atom. The third kappa shape index (κ3) is 3.27. The molecule has 0 radical (unpaired) electrons. The highest BCUT2D eigenvalue weighted by Gasteiger charge is 2.42. The van der Waals surface area contributed by atoms with Crippen molar-refractivity contribution in [3.8, 4) is 0 Å². The van der Waals surface area contributed by atoms with E-state index in [4.69, 9.17) is 0 Å². The Kier molecular flexibility index (Phi) is 4.86. The molecule has 0 spiro atoms. The Morgan fingerprint density at radius 1 is 0.417 bits per heavy atom. The van der Waals surface area contributed by atoms with E-state index in [1.54, 1.807) is 0 Å². The third-order valence-electron chi connectivity index (χ3n) is 4.47. The van der Waals surface area contributed by atoms with Crippen LogP contribution >= 0.6 is 0 Å². The van der Waals surface area contributed by atoms with Crippen LogP contribution < -0.4 is 0 Å². The van der Waals surface area contributed by atoms with E-state index in [2.05, 4.69) is 24.9 Å². The molecule has 0 amide bonds. The number of rotatable bonds is 6. The average molecular weight is 503 g/mol. The van der Waals surface area contributed by atoms with Crippen molar-refractivity contribution in [3.05, 3.63) is 66.8 Å². The van der Waals surface area contributed by atoms with Crippen molar-refractivity contribution in [1.82, 2.24) is 24.9 Å². The van der Waals surface area contributed by atoms with Crippen LogP contribution in [0.2, 0.25) is 0 Å². The lowest BCUT2D eigenvalue weighted by atomic mass is 10.1. The second kappa shape index (κ2) is 7.64. The number of benzene rings is 1. The molecule has 0 aliphatic rings. The van der Waals surface area contributed by atoms with E-state index in [9.17, 15) is 60.7 Å². The van der Waals surface area contributed by atoms with Gasteiger partial charge in [-0.15, -0.1) is 0 Å². The molecule has 1 aromatic carbocycles. The second-order valence-corrected chi connectivity index (χ2v) is 6.41. The lowest BCUT2D eigenvalue weighted by Crippen LogP contribution is -2.07. The summed E-state index contributed by atoms with van der Waals surface area (Å²) in [6, 6.07) is 0.474. The van der Waals surface area contributed by atoms with E-state index in [0.29, 0.717) is 6.07 Å². The Hall–Kier alpha value is -6.29. The minimum absolute atomic E-state index is 0.474. The molecule has 0 aliphatic heterocycles. The summed E-state index contributed by atoms with van der Waals surface area (Å²) in [4.78, 5) is 77.6. The fourth-order valence-electron chi connectivity index (χ4n) is 3.13. The zero-order chi connectivity index (χ0) is 26.6. The summed E-state index contributed by atoms with van der Waals surface area (Å²) < 4.78 is 0. The number of hydrogen-bond acceptors (Lipinski definition) is 17. The molecular formula is C13HN11O12. The van der Waals surface area contributed by atoms with Gasteiger partial charge >= 0.3 is 34.8 Å². The van der Waals surface area contributed by atoms with Gasteiger partial charge < -0.3 is 50.6 Å². The Morgan fingerprint density at radius 3 is 1.00 bits per heavy atom. The predicted octanol–water partition coefficient (Wildman–Crippen LogP) is 1.57. The van der Waals surface area contributed by atoms with Crippen LogP contribution in [0.4, 0.5) is 34.8 Å². The van der Waals surface area contributed by atoms with Crippen LogP contribution in [0.5, 0.6) is 0 Å². The van der Waals surface area contributed by atoms with Crippen LogP contribution in [-0.2, 0) is 0 Å². The maximum Gasteiger partial charge on any atom is 0.463 e. The van der Waals surface area contributed by atoms with Gasteiger partial charge in [-0.2, -0.15) is 0 Å². The SMILES string of the molecule is O=[N+]([O-])c1cc2c(nc1[N+](=O)[O-])c1nc([N+](=O)[O-])c([N+](=O)[O-])nc1c1nc([N+](=O)[O-])c([N+](=O)[O-])nc21. The normalized spacial score (nSPS) is 11.0. The topological polar surface area (TPSA) is 323 Å². The average Bonchev–Trinajstić information content (AvgIpc) is 2.81. The number of hydrogen-bond donors (Lipinski definition) is 0. The van der Waals surface area contributed by atoms with Gasteiger partial charge in [0.05, 0.1) is 10.3 Å². The smallest absolute Gasteiger partial charge is 0.358 e. The van der Waals surface area contributed by atoms with Crippen LogP contribution in [0.1, 0.15) is 0 Å². The molecular weight excluding hydrogens is 502 g/mol. The van der Waals surface area contributed by atoms with Gasteiger partial charge in [0, 0.05) is 6.07 Å². The maximum atomic E-state index is 11.4. The van der Waals surface area contributed by atoms with Gasteiger partial charge in [-0.1, -0.05) is 0 Å². The van der Waals surface area contributed by atoms with E-state index in [1.165, 1.54) is 0 Å². The molecule has 0 aliphatic carbocycles. The van der Waals surface area contributed by atoms with Crippen LogP contribution in [-0.4, -0.2) is 54.5 Å². The summed E-state index contributed by atoms with van der Waals surface area (Å²) in [5.41, 5.74) is -5.25. The number of fused-ring (bicyclic) bond motifs is 6. The molecule has 0 saturated heterocycles. The molecule has 36 heavy (non-hydrogen) atoms. The summed E-state index contributed by atoms with van der Waals surface area (Å²) in [6.07, 6.45) is 0. The molecule has 3 heterocycles. The fraction of sp³-hybridized carbons (Fsp3) is 0. The molecule has 0 unspecified atom stereocenters. The monoisotopic (exact) mass is 503 g/mol.